The highest BCUT2D eigenvalue weighted by Gasteiger charge is 2.07. The largest absolute Gasteiger partial charge is 0.121 e. The predicted molar refractivity (Wildman–Crippen MR) is 73.9 cm³/mol. The molecule has 0 heterocycles. The smallest absolute Gasteiger partial charge is 0.0496 e. The zero-order valence-corrected chi connectivity index (χ0v) is 11.7. The molecule has 0 saturated carbocycles. The van der Waals surface area contributed by atoms with Gasteiger partial charge in [-0.05, 0) is 60.9 Å². The van der Waals surface area contributed by atoms with E-state index in [0.29, 0.717) is 5.88 Å². The Kier molecular flexibility index (Phi) is 3.34. The van der Waals surface area contributed by atoms with Gasteiger partial charge in [0.2, 0.25) is 0 Å². The van der Waals surface area contributed by atoms with E-state index in [0.717, 1.165) is 4.47 Å². The van der Waals surface area contributed by atoms with Crippen LogP contribution in [0.4, 0.5) is 0 Å². The summed E-state index contributed by atoms with van der Waals surface area (Å²) in [5.41, 5.74) is 1.17. The maximum absolute atomic E-state index is 5.90. The van der Waals surface area contributed by atoms with Crippen molar-refractivity contribution in [3.05, 3.63) is 43.9 Å². The lowest BCUT2D eigenvalue weighted by molar-refractivity contribution is 1.36. The summed E-state index contributed by atoms with van der Waals surface area (Å²) in [5.74, 6) is 0.545. The van der Waals surface area contributed by atoms with Crippen LogP contribution < -0.4 is 0 Å². The van der Waals surface area contributed by atoms with Gasteiger partial charge in [0.1, 0.15) is 0 Å². The molecule has 0 aliphatic carbocycles. The first-order valence-electron chi connectivity index (χ1n) is 4.15. The standard InChI is InChI=1S/C11H7BrClI/c12-11-8-4-2-1-3-7(8)5-10(14)9(11)6-13/h1-5H,6H2. The number of rotatable bonds is 1. The molecule has 3 heteroatoms. The molecule has 0 atom stereocenters. The fourth-order valence-electron chi connectivity index (χ4n) is 1.44. The average molecular weight is 381 g/mol. The maximum atomic E-state index is 5.90. The van der Waals surface area contributed by atoms with Gasteiger partial charge < -0.3 is 0 Å². The fourth-order valence-corrected chi connectivity index (χ4v) is 3.98. The van der Waals surface area contributed by atoms with E-state index in [1.54, 1.807) is 0 Å². The molecule has 2 aromatic rings. The molecule has 0 bridgehead atoms. The summed E-state index contributed by atoms with van der Waals surface area (Å²) in [6, 6.07) is 10.5. The quantitative estimate of drug-likeness (QED) is 0.485. The molecule has 0 aliphatic heterocycles. The van der Waals surface area contributed by atoms with Crippen LogP contribution in [-0.2, 0) is 5.88 Å². The molecule has 0 amide bonds. The lowest BCUT2D eigenvalue weighted by atomic mass is 10.1. The second-order valence-corrected chi connectivity index (χ2v) is 5.23. The van der Waals surface area contributed by atoms with Crippen molar-refractivity contribution in [3.8, 4) is 0 Å². The third kappa shape index (κ3) is 1.79. The molecule has 0 N–H and O–H groups in total. The van der Waals surface area contributed by atoms with Crippen LogP contribution in [0, 0.1) is 3.57 Å². The average Bonchev–Trinajstić information content (AvgIpc) is 2.18. The highest BCUT2D eigenvalue weighted by molar-refractivity contribution is 14.1. The summed E-state index contributed by atoms with van der Waals surface area (Å²) < 4.78 is 2.33. The molecular weight excluding hydrogens is 374 g/mol. The molecule has 0 saturated heterocycles. The van der Waals surface area contributed by atoms with Crippen LogP contribution in [0.15, 0.2) is 34.8 Å². The normalized spacial score (nSPS) is 10.8. The topological polar surface area (TPSA) is 0 Å². The lowest BCUT2D eigenvalue weighted by Crippen LogP contribution is -1.88. The number of fused-ring (bicyclic) bond motifs is 1. The Morgan fingerprint density at radius 2 is 2.00 bits per heavy atom. The van der Waals surface area contributed by atoms with Gasteiger partial charge >= 0.3 is 0 Å². The second kappa shape index (κ2) is 4.37. The number of hydrogen-bond acceptors (Lipinski definition) is 0. The third-order valence-electron chi connectivity index (χ3n) is 2.17. The van der Waals surface area contributed by atoms with Crippen LogP contribution in [0.5, 0.6) is 0 Å². The summed E-state index contributed by atoms with van der Waals surface area (Å²) in [7, 11) is 0. The second-order valence-electron chi connectivity index (χ2n) is 3.01. The summed E-state index contributed by atoms with van der Waals surface area (Å²) in [6.45, 7) is 0. The van der Waals surface area contributed by atoms with Crippen molar-refractivity contribution in [3.63, 3.8) is 0 Å². The van der Waals surface area contributed by atoms with E-state index >= 15 is 0 Å². The van der Waals surface area contributed by atoms with Crippen LogP contribution >= 0.6 is 50.1 Å². The first-order valence-corrected chi connectivity index (χ1v) is 6.56. The number of halogens is 3. The van der Waals surface area contributed by atoms with Crippen LogP contribution in [-0.4, -0.2) is 0 Å². The highest BCUT2D eigenvalue weighted by atomic mass is 127. The van der Waals surface area contributed by atoms with Crippen molar-refractivity contribution >= 4 is 60.9 Å². The van der Waals surface area contributed by atoms with E-state index in [-0.39, 0.29) is 0 Å². The molecule has 0 unspecified atom stereocenters. The van der Waals surface area contributed by atoms with Crippen molar-refractivity contribution < 1.29 is 0 Å². The van der Waals surface area contributed by atoms with Gasteiger partial charge in [0.05, 0.1) is 0 Å². The molecule has 0 radical (unpaired) electrons. The molecular formula is C11H7BrClI. The van der Waals surface area contributed by atoms with Crippen molar-refractivity contribution in [2.24, 2.45) is 0 Å². The maximum Gasteiger partial charge on any atom is 0.0496 e. The lowest BCUT2D eigenvalue weighted by Gasteiger charge is -2.07. The molecule has 0 spiro atoms. The van der Waals surface area contributed by atoms with Crippen molar-refractivity contribution in [1.29, 1.82) is 0 Å². The van der Waals surface area contributed by atoms with Gasteiger partial charge in [0.15, 0.2) is 0 Å². The van der Waals surface area contributed by atoms with Gasteiger partial charge in [-0.2, -0.15) is 0 Å². The first-order chi connectivity index (χ1) is 6.74. The number of hydrogen-bond donors (Lipinski definition) is 0. The minimum absolute atomic E-state index is 0.545. The Morgan fingerprint density at radius 3 is 2.71 bits per heavy atom. The van der Waals surface area contributed by atoms with Gasteiger partial charge in [-0.3, -0.25) is 0 Å². The Morgan fingerprint density at radius 1 is 1.29 bits per heavy atom. The Balaban J connectivity index is 2.86. The number of alkyl halides is 1. The van der Waals surface area contributed by atoms with Gasteiger partial charge in [0, 0.05) is 13.9 Å². The van der Waals surface area contributed by atoms with Gasteiger partial charge in [-0.15, -0.1) is 11.6 Å². The van der Waals surface area contributed by atoms with Gasteiger partial charge in [-0.25, -0.2) is 0 Å². The fraction of sp³-hybridized carbons (Fsp3) is 0.0909. The molecule has 2 aromatic carbocycles. The van der Waals surface area contributed by atoms with Crippen LogP contribution in [0.1, 0.15) is 5.56 Å². The SMILES string of the molecule is ClCc1c(I)cc2ccccc2c1Br. The molecule has 2 rings (SSSR count). The molecule has 14 heavy (non-hydrogen) atoms. The summed E-state index contributed by atoms with van der Waals surface area (Å²) in [4.78, 5) is 0. The van der Waals surface area contributed by atoms with Crippen molar-refractivity contribution in [2.45, 2.75) is 5.88 Å². The molecule has 0 aliphatic rings. The predicted octanol–water partition coefficient (Wildman–Crippen LogP) is 4.95. The zero-order chi connectivity index (χ0) is 10.1. The van der Waals surface area contributed by atoms with E-state index in [1.807, 2.05) is 12.1 Å². The summed E-state index contributed by atoms with van der Waals surface area (Å²) in [6.07, 6.45) is 0. The van der Waals surface area contributed by atoms with Crippen LogP contribution in [0.3, 0.4) is 0 Å². The van der Waals surface area contributed by atoms with Crippen LogP contribution in [0.2, 0.25) is 0 Å². The van der Waals surface area contributed by atoms with E-state index < -0.39 is 0 Å². The van der Waals surface area contributed by atoms with E-state index in [9.17, 15) is 0 Å². The Bertz CT molecular complexity index is 482. The van der Waals surface area contributed by atoms with Gasteiger partial charge in [-0.1, -0.05) is 24.3 Å². The first kappa shape index (κ1) is 10.7. The number of benzene rings is 2. The minimum Gasteiger partial charge on any atom is -0.121 e. The molecule has 0 fully saturated rings. The van der Waals surface area contributed by atoms with Crippen molar-refractivity contribution in [1.82, 2.24) is 0 Å². The molecule has 72 valence electrons. The molecule has 0 nitrogen and oxygen atoms in total. The van der Waals surface area contributed by atoms with E-state index in [2.05, 4.69) is 56.7 Å². The summed E-state index contributed by atoms with van der Waals surface area (Å²) >= 11 is 11.8. The Labute approximate surface area is 110 Å². The van der Waals surface area contributed by atoms with Crippen molar-refractivity contribution in [2.75, 3.05) is 0 Å². The summed E-state index contributed by atoms with van der Waals surface area (Å²) in [5, 5.41) is 2.47. The minimum atomic E-state index is 0.545. The third-order valence-corrected chi connectivity index (χ3v) is 4.30. The molecule has 0 aromatic heterocycles. The monoisotopic (exact) mass is 380 g/mol. The van der Waals surface area contributed by atoms with E-state index in [1.165, 1.54) is 19.9 Å². The van der Waals surface area contributed by atoms with Crippen LogP contribution in [0.25, 0.3) is 10.8 Å². The van der Waals surface area contributed by atoms with Gasteiger partial charge in [0.25, 0.3) is 0 Å². The zero-order valence-electron chi connectivity index (χ0n) is 7.23. The van der Waals surface area contributed by atoms with E-state index in [4.69, 9.17) is 11.6 Å². The Hall–Kier alpha value is 0.200. The highest BCUT2D eigenvalue weighted by Crippen LogP contribution is 2.32.